The lowest BCUT2D eigenvalue weighted by Crippen LogP contribution is -2.25. The Morgan fingerprint density at radius 1 is 1.33 bits per heavy atom. The fourth-order valence-corrected chi connectivity index (χ4v) is 3.13. The van der Waals surface area contributed by atoms with E-state index in [4.69, 9.17) is 10.4 Å². The van der Waals surface area contributed by atoms with Crippen LogP contribution in [0.15, 0.2) is 24.4 Å². The molecule has 0 radical (unpaired) electrons. The summed E-state index contributed by atoms with van der Waals surface area (Å²) in [4.78, 5) is 4.28. The summed E-state index contributed by atoms with van der Waals surface area (Å²) in [7, 11) is 0. The molecule has 3 rings (SSSR count). The van der Waals surface area contributed by atoms with E-state index >= 15 is 0 Å². The molecule has 2 N–H and O–H groups in total. The van der Waals surface area contributed by atoms with Crippen molar-refractivity contribution in [3.05, 3.63) is 35.7 Å². The first-order chi connectivity index (χ1) is 11.4. The number of nitriles is 1. The van der Waals surface area contributed by atoms with Gasteiger partial charge in [-0.3, -0.25) is 0 Å². The Kier molecular flexibility index (Phi) is 4.29. The average molecular weight is 325 g/mol. The molecule has 0 aromatic carbocycles. The van der Waals surface area contributed by atoms with E-state index in [2.05, 4.69) is 37.1 Å². The Morgan fingerprint density at radius 3 is 2.75 bits per heavy atom. The highest BCUT2D eigenvalue weighted by Gasteiger charge is 2.29. The summed E-state index contributed by atoms with van der Waals surface area (Å²) in [5.74, 6) is 1.77. The van der Waals surface area contributed by atoms with Crippen LogP contribution in [-0.4, -0.2) is 26.0 Å². The van der Waals surface area contributed by atoms with E-state index in [0.717, 1.165) is 30.8 Å². The highest BCUT2D eigenvalue weighted by Crippen LogP contribution is 2.36. The normalized spacial score (nSPS) is 20.8. The van der Waals surface area contributed by atoms with E-state index in [1.165, 1.54) is 0 Å². The lowest BCUT2D eigenvalue weighted by Gasteiger charge is -2.22. The van der Waals surface area contributed by atoms with Gasteiger partial charge in [0.2, 0.25) is 0 Å². The van der Waals surface area contributed by atoms with Crippen LogP contribution in [0.3, 0.4) is 0 Å². The lowest BCUT2D eigenvalue weighted by atomic mass is 10.0. The molecule has 1 aliphatic rings. The van der Waals surface area contributed by atoms with Gasteiger partial charge in [-0.25, -0.2) is 9.67 Å². The quantitative estimate of drug-likeness (QED) is 0.904. The molecule has 1 saturated carbocycles. The van der Waals surface area contributed by atoms with E-state index in [0.29, 0.717) is 17.3 Å². The molecule has 1 fully saturated rings. The van der Waals surface area contributed by atoms with Crippen LogP contribution in [0.2, 0.25) is 0 Å². The number of aliphatic hydroxyl groups excluding tert-OH is 1. The van der Waals surface area contributed by atoms with Gasteiger partial charge in [-0.1, -0.05) is 0 Å². The fourth-order valence-electron chi connectivity index (χ4n) is 3.13. The zero-order chi connectivity index (χ0) is 17.3. The Bertz CT molecular complexity index is 768. The van der Waals surface area contributed by atoms with Crippen LogP contribution >= 0.6 is 0 Å². The fraction of sp³-hybridized carbons (Fsp3) is 0.500. The summed E-state index contributed by atoms with van der Waals surface area (Å²) in [5, 5.41) is 26.9. The van der Waals surface area contributed by atoms with E-state index in [1.807, 2.05) is 10.7 Å². The first kappa shape index (κ1) is 16.5. The predicted octanol–water partition coefficient (Wildman–Crippen LogP) is 3.28. The summed E-state index contributed by atoms with van der Waals surface area (Å²) in [6.07, 6.45) is 3.96. The van der Waals surface area contributed by atoms with Gasteiger partial charge in [0, 0.05) is 18.2 Å². The maximum absolute atomic E-state index is 9.80. The number of hydrogen-bond donors (Lipinski definition) is 2. The van der Waals surface area contributed by atoms with Gasteiger partial charge in [-0.2, -0.15) is 10.4 Å². The third-order valence-electron chi connectivity index (χ3n) is 4.33. The molecule has 1 aliphatic carbocycles. The molecule has 6 nitrogen and oxygen atoms in total. The van der Waals surface area contributed by atoms with E-state index in [-0.39, 0.29) is 11.6 Å². The minimum atomic E-state index is -0.222. The van der Waals surface area contributed by atoms with E-state index in [9.17, 15) is 5.11 Å². The largest absolute Gasteiger partial charge is 0.393 e. The van der Waals surface area contributed by atoms with Crippen LogP contribution in [-0.2, 0) is 5.54 Å². The average Bonchev–Trinajstić information content (AvgIpc) is 3.13. The zero-order valence-electron chi connectivity index (χ0n) is 14.3. The second-order valence-corrected chi connectivity index (χ2v) is 7.37. The summed E-state index contributed by atoms with van der Waals surface area (Å²) in [6.45, 7) is 6.28. The second kappa shape index (κ2) is 6.25. The molecule has 0 bridgehead atoms. The Hall–Kier alpha value is -2.39. The standard InChI is InChI=1S/C18H23N5O/c1-18(2,3)23-17(21-16-8-12(11-19)6-7-20-16)10-15(22-23)13-4-5-14(24)9-13/h6-8,10,13-14,24H,4-5,9H2,1-3H3,(H,20,21)/t13-,14+/m0/s1. The molecule has 2 aromatic heterocycles. The van der Waals surface area contributed by atoms with Crippen LogP contribution in [0.1, 0.15) is 57.2 Å². The third kappa shape index (κ3) is 3.41. The minimum Gasteiger partial charge on any atom is -0.393 e. The third-order valence-corrected chi connectivity index (χ3v) is 4.33. The smallest absolute Gasteiger partial charge is 0.132 e. The summed E-state index contributed by atoms with van der Waals surface area (Å²) in [5.41, 5.74) is 1.37. The van der Waals surface area contributed by atoms with E-state index < -0.39 is 0 Å². The highest BCUT2D eigenvalue weighted by molar-refractivity contribution is 5.55. The van der Waals surface area contributed by atoms with Crippen molar-refractivity contribution in [2.75, 3.05) is 5.32 Å². The number of nitrogens with zero attached hydrogens (tertiary/aromatic N) is 4. The Balaban J connectivity index is 1.93. The number of pyridine rings is 1. The summed E-state index contributed by atoms with van der Waals surface area (Å²) < 4.78 is 1.95. The number of rotatable bonds is 3. The first-order valence-electron chi connectivity index (χ1n) is 8.28. The van der Waals surface area contributed by atoms with Crippen molar-refractivity contribution >= 4 is 11.6 Å². The number of hydrogen-bond acceptors (Lipinski definition) is 5. The number of anilines is 2. The monoisotopic (exact) mass is 325 g/mol. The van der Waals surface area contributed by atoms with Crippen molar-refractivity contribution in [1.29, 1.82) is 5.26 Å². The Labute approximate surface area is 142 Å². The van der Waals surface area contributed by atoms with Gasteiger partial charge in [0.1, 0.15) is 11.6 Å². The predicted molar refractivity (Wildman–Crippen MR) is 92.1 cm³/mol. The molecule has 126 valence electrons. The highest BCUT2D eigenvalue weighted by atomic mass is 16.3. The van der Waals surface area contributed by atoms with Crippen molar-refractivity contribution in [2.45, 2.75) is 57.6 Å². The van der Waals surface area contributed by atoms with E-state index in [1.54, 1.807) is 18.3 Å². The van der Waals surface area contributed by atoms with Crippen LogP contribution in [0.25, 0.3) is 0 Å². The number of aromatic nitrogens is 3. The summed E-state index contributed by atoms with van der Waals surface area (Å²) in [6, 6.07) is 7.56. The Morgan fingerprint density at radius 2 is 2.12 bits per heavy atom. The van der Waals surface area contributed by atoms with Crippen molar-refractivity contribution in [3.63, 3.8) is 0 Å². The van der Waals surface area contributed by atoms with Gasteiger partial charge in [0.05, 0.1) is 29.0 Å². The van der Waals surface area contributed by atoms with Crippen molar-refractivity contribution in [3.8, 4) is 6.07 Å². The lowest BCUT2D eigenvalue weighted by molar-refractivity contribution is 0.181. The van der Waals surface area contributed by atoms with Gasteiger partial charge in [-0.05, 0) is 52.2 Å². The minimum absolute atomic E-state index is 0.190. The molecule has 0 aliphatic heterocycles. The molecule has 0 amide bonds. The first-order valence-corrected chi connectivity index (χ1v) is 8.28. The molecule has 0 spiro atoms. The topological polar surface area (TPSA) is 86.8 Å². The molecule has 0 unspecified atom stereocenters. The van der Waals surface area contributed by atoms with Crippen LogP contribution < -0.4 is 5.32 Å². The van der Waals surface area contributed by atoms with Gasteiger partial charge in [0.25, 0.3) is 0 Å². The van der Waals surface area contributed by atoms with Gasteiger partial charge < -0.3 is 10.4 Å². The molecular weight excluding hydrogens is 302 g/mol. The maximum atomic E-state index is 9.80. The van der Waals surface area contributed by atoms with Gasteiger partial charge in [-0.15, -0.1) is 0 Å². The van der Waals surface area contributed by atoms with Crippen molar-refractivity contribution < 1.29 is 5.11 Å². The zero-order valence-corrected chi connectivity index (χ0v) is 14.3. The molecule has 2 aromatic rings. The maximum Gasteiger partial charge on any atom is 0.132 e. The number of aliphatic hydroxyl groups is 1. The number of nitrogens with one attached hydrogen (secondary N) is 1. The van der Waals surface area contributed by atoms with Crippen molar-refractivity contribution in [1.82, 2.24) is 14.8 Å². The van der Waals surface area contributed by atoms with Gasteiger partial charge in [0.15, 0.2) is 0 Å². The summed E-state index contributed by atoms with van der Waals surface area (Å²) >= 11 is 0. The molecule has 0 saturated heterocycles. The van der Waals surface area contributed by atoms with Crippen LogP contribution in [0.4, 0.5) is 11.6 Å². The molecular formula is C18H23N5O. The van der Waals surface area contributed by atoms with Crippen LogP contribution in [0, 0.1) is 11.3 Å². The van der Waals surface area contributed by atoms with Crippen molar-refractivity contribution in [2.24, 2.45) is 0 Å². The molecule has 2 atom stereocenters. The molecule has 2 heterocycles. The van der Waals surface area contributed by atoms with Crippen LogP contribution in [0.5, 0.6) is 0 Å². The molecule has 6 heteroatoms. The second-order valence-electron chi connectivity index (χ2n) is 7.37. The molecule has 24 heavy (non-hydrogen) atoms. The SMILES string of the molecule is CC(C)(C)n1nc([C@H]2CC[C@@H](O)C2)cc1Nc1cc(C#N)ccn1. The van der Waals surface area contributed by atoms with Gasteiger partial charge >= 0.3 is 0 Å².